The summed E-state index contributed by atoms with van der Waals surface area (Å²) in [5.41, 5.74) is 2.72. The van der Waals surface area contributed by atoms with Crippen molar-refractivity contribution >= 4 is 11.7 Å². The minimum atomic E-state index is -0.938. The van der Waals surface area contributed by atoms with Crippen LogP contribution in [0.25, 0.3) is 0 Å². The molecular weight excluding hydrogens is 260 g/mol. The molecule has 0 aliphatic rings. The predicted octanol–water partition coefficient (Wildman–Crippen LogP) is 0.889. The molecule has 0 atom stereocenters. The van der Waals surface area contributed by atoms with Crippen LogP contribution in [0, 0.1) is 6.92 Å². The number of aliphatic hydroxyl groups excluding tert-OH is 1. The summed E-state index contributed by atoms with van der Waals surface area (Å²) in [7, 11) is 0. The van der Waals surface area contributed by atoms with Crippen molar-refractivity contribution in [3.63, 3.8) is 0 Å². The van der Waals surface area contributed by atoms with Crippen molar-refractivity contribution in [1.29, 1.82) is 0 Å². The topological polar surface area (TPSA) is 100 Å². The first-order valence-corrected chi connectivity index (χ1v) is 6.18. The van der Waals surface area contributed by atoms with Gasteiger partial charge in [0, 0.05) is 5.69 Å². The van der Waals surface area contributed by atoms with Crippen LogP contribution >= 0.6 is 0 Å². The molecule has 0 amide bonds. The highest BCUT2D eigenvalue weighted by atomic mass is 16.4. The van der Waals surface area contributed by atoms with Gasteiger partial charge in [0.05, 0.1) is 31.5 Å². The van der Waals surface area contributed by atoms with Gasteiger partial charge in [0.2, 0.25) is 0 Å². The maximum absolute atomic E-state index is 10.8. The number of aliphatic hydroxyl groups is 1. The number of nitrogens with zero attached hydrogens (tertiary/aromatic N) is 3. The molecule has 0 aliphatic heterocycles. The van der Waals surface area contributed by atoms with E-state index in [0.29, 0.717) is 13.1 Å². The molecule has 2 aromatic rings. The molecule has 1 aromatic heterocycles. The van der Waals surface area contributed by atoms with E-state index in [2.05, 4.69) is 15.6 Å². The van der Waals surface area contributed by atoms with Crippen LogP contribution < -0.4 is 5.32 Å². The number of nitrogens with one attached hydrogen (secondary N) is 1. The minimum Gasteiger partial charge on any atom is -0.478 e. The Balaban J connectivity index is 2.01. The molecule has 1 aromatic carbocycles. The van der Waals surface area contributed by atoms with Gasteiger partial charge < -0.3 is 15.5 Å². The Hall–Kier alpha value is -2.41. The molecule has 1 heterocycles. The van der Waals surface area contributed by atoms with Gasteiger partial charge in [-0.15, -0.1) is 5.10 Å². The smallest absolute Gasteiger partial charge is 0.335 e. The first kappa shape index (κ1) is 14.0. The largest absolute Gasteiger partial charge is 0.478 e. The lowest BCUT2D eigenvalue weighted by Gasteiger charge is -2.08. The third-order valence-corrected chi connectivity index (χ3v) is 2.85. The normalized spacial score (nSPS) is 10.5. The molecule has 20 heavy (non-hydrogen) atoms. The molecular formula is C13H16N4O3. The minimum absolute atomic E-state index is 0.0198. The number of hydrogen-bond acceptors (Lipinski definition) is 5. The van der Waals surface area contributed by atoms with Crippen molar-refractivity contribution in [1.82, 2.24) is 15.0 Å². The Kier molecular flexibility index (Phi) is 4.31. The fourth-order valence-electron chi connectivity index (χ4n) is 1.81. The highest BCUT2D eigenvalue weighted by molar-refractivity contribution is 5.88. The molecule has 106 valence electrons. The second kappa shape index (κ2) is 6.16. The van der Waals surface area contributed by atoms with Gasteiger partial charge in [0.25, 0.3) is 0 Å². The van der Waals surface area contributed by atoms with Crippen molar-refractivity contribution in [2.45, 2.75) is 20.0 Å². The van der Waals surface area contributed by atoms with Crippen LogP contribution in [0.3, 0.4) is 0 Å². The molecule has 0 fully saturated rings. The van der Waals surface area contributed by atoms with Gasteiger partial charge in [-0.1, -0.05) is 5.21 Å². The average molecular weight is 276 g/mol. The molecule has 0 bridgehead atoms. The Labute approximate surface area is 115 Å². The standard InChI is InChI=1S/C13H16N4O3/c1-9-6-10(13(19)20)2-3-12(9)14-7-11-8-17(4-5-18)16-15-11/h2-3,6,8,14,18H,4-5,7H2,1H3,(H,19,20). The zero-order valence-electron chi connectivity index (χ0n) is 11.1. The van der Waals surface area contributed by atoms with E-state index in [9.17, 15) is 4.79 Å². The number of carboxylic acid groups (broad SMARTS) is 1. The second-order valence-electron chi connectivity index (χ2n) is 4.38. The van der Waals surface area contributed by atoms with E-state index in [4.69, 9.17) is 10.2 Å². The number of aromatic nitrogens is 3. The number of anilines is 1. The SMILES string of the molecule is Cc1cc(C(=O)O)ccc1NCc1cn(CCO)nn1. The summed E-state index contributed by atoms with van der Waals surface area (Å²) >= 11 is 0. The lowest BCUT2D eigenvalue weighted by molar-refractivity contribution is 0.0697. The molecule has 3 N–H and O–H groups in total. The van der Waals surface area contributed by atoms with E-state index in [1.807, 2.05) is 6.92 Å². The summed E-state index contributed by atoms with van der Waals surface area (Å²) in [4.78, 5) is 10.8. The highest BCUT2D eigenvalue weighted by Crippen LogP contribution is 2.17. The van der Waals surface area contributed by atoms with Gasteiger partial charge in [-0.05, 0) is 30.7 Å². The van der Waals surface area contributed by atoms with Crippen molar-refractivity contribution in [3.8, 4) is 0 Å². The van der Waals surface area contributed by atoms with Crippen LogP contribution in [0.15, 0.2) is 24.4 Å². The summed E-state index contributed by atoms with van der Waals surface area (Å²) in [6.07, 6.45) is 1.75. The van der Waals surface area contributed by atoms with E-state index in [0.717, 1.165) is 16.9 Å². The predicted molar refractivity (Wildman–Crippen MR) is 72.6 cm³/mol. The number of hydrogen-bond donors (Lipinski definition) is 3. The average Bonchev–Trinajstić information content (AvgIpc) is 2.85. The Bertz CT molecular complexity index is 609. The third kappa shape index (κ3) is 3.33. The monoisotopic (exact) mass is 276 g/mol. The number of aryl methyl sites for hydroxylation is 1. The zero-order valence-corrected chi connectivity index (χ0v) is 11.1. The van der Waals surface area contributed by atoms with Gasteiger partial charge >= 0.3 is 5.97 Å². The van der Waals surface area contributed by atoms with Crippen molar-refractivity contribution in [2.24, 2.45) is 0 Å². The molecule has 0 spiro atoms. The van der Waals surface area contributed by atoms with Crippen LogP contribution in [-0.4, -0.2) is 37.8 Å². The summed E-state index contributed by atoms with van der Waals surface area (Å²) in [6.45, 7) is 2.77. The number of aromatic carboxylic acids is 1. The molecule has 0 saturated carbocycles. The maximum Gasteiger partial charge on any atom is 0.335 e. The fourth-order valence-corrected chi connectivity index (χ4v) is 1.81. The van der Waals surface area contributed by atoms with E-state index >= 15 is 0 Å². The Morgan fingerprint density at radius 1 is 1.45 bits per heavy atom. The van der Waals surface area contributed by atoms with Crippen molar-refractivity contribution < 1.29 is 15.0 Å². The Morgan fingerprint density at radius 3 is 2.90 bits per heavy atom. The van der Waals surface area contributed by atoms with E-state index in [-0.39, 0.29) is 12.2 Å². The molecule has 0 saturated heterocycles. The van der Waals surface area contributed by atoms with Crippen LogP contribution in [0.5, 0.6) is 0 Å². The first-order chi connectivity index (χ1) is 9.60. The number of carboxylic acids is 1. The first-order valence-electron chi connectivity index (χ1n) is 6.18. The van der Waals surface area contributed by atoms with E-state index in [1.165, 1.54) is 0 Å². The van der Waals surface area contributed by atoms with Gasteiger partial charge in [-0.25, -0.2) is 9.48 Å². The zero-order chi connectivity index (χ0) is 14.5. The van der Waals surface area contributed by atoms with Crippen LogP contribution in [0.4, 0.5) is 5.69 Å². The molecule has 2 rings (SSSR count). The fraction of sp³-hybridized carbons (Fsp3) is 0.308. The van der Waals surface area contributed by atoms with E-state index < -0.39 is 5.97 Å². The summed E-state index contributed by atoms with van der Waals surface area (Å²) in [6, 6.07) is 4.91. The maximum atomic E-state index is 10.8. The summed E-state index contributed by atoms with van der Waals surface area (Å²) in [5, 5.41) is 28.7. The van der Waals surface area contributed by atoms with Crippen LogP contribution in [0.2, 0.25) is 0 Å². The molecule has 0 radical (unpaired) electrons. The van der Waals surface area contributed by atoms with Crippen LogP contribution in [-0.2, 0) is 13.1 Å². The number of carbonyl (C=O) groups is 1. The molecule has 7 heteroatoms. The molecule has 7 nitrogen and oxygen atoms in total. The number of benzene rings is 1. The number of rotatable bonds is 6. The molecule has 0 unspecified atom stereocenters. The second-order valence-corrected chi connectivity index (χ2v) is 4.38. The lowest BCUT2D eigenvalue weighted by atomic mass is 10.1. The molecule has 0 aliphatic carbocycles. The van der Waals surface area contributed by atoms with Gasteiger partial charge in [-0.3, -0.25) is 0 Å². The lowest BCUT2D eigenvalue weighted by Crippen LogP contribution is -2.04. The van der Waals surface area contributed by atoms with Gasteiger partial charge in [0.1, 0.15) is 5.69 Å². The third-order valence-electron chi connectivity index (χ3n) is 2.85. The van der Waals surface area contributed by atoms with E-state index in [1.54, 1.807) is 29.1 Å². The quantitative estimate of drug-likeness (QED) is 0.724. The highest BCUT2D eigenvalue weighted by Gasteiger charge is 2.06. The summed E-state index contributed by atoms with van der Waals surface area (Å²) in [5.74, 6) is -0.938. The van der Waals surface area contributed by atoms with Gasteiger partial charge in [-0.2, -0.15) is 0 Å². The Morgan fingerprint density at radius 2 is 2.25 bits per heavy atom. The van der Waals surface area contributed by atoms with Gasteiger partial charge in [0.15, 0.2) is 0 Å². The summed E-state index contributed by atoms with van der Waals surface area (Å²) < 4.78 is 1.57. The van der Waals surface area contributed by atoms with Crippen molar-refractivity contribution in [2.75, 3.05) is 11.9 Å². The van der Waals surface area contributed by atoms with Crippen LogP contribution in [0.1, 0.15) is 21.6 Å². The van der Waals surface area contributed by atoms with Crippen molar-refractivity contribution in [3.05, 3.63) is 41.2 Å².